The highest BCUT2D eigenvalue weighted by molar-refractivity contribution is 5.80. The first kappa shape index (κ1) is 22.6. The van der Waals surface area contributed by atoms with E-state index >= 15 is 0 Å². The molecule has 0 bridgehead atoms. The molecule has 1 amide bonds. The van der Waals surface area contributed by atoms with Crippen LogP contribution in [0.3, 0.4) is 0 Å². The fourth-order valence-electron chi connectivity index (χ4n) is 4.45. The summed E-state index contributed by atoms with van der Waals surface area (Å²) in [4.78, 5) is 20.1. The molecule has 3 aromatic rings. The smallest absolute Gasteiger partial charge is 0.227 e. The number of rotatable bonds is 7. The van der Waals surface area contributed by atoms with Crippen LogP contribution in [-0.4, -0.2) is 43.7 Å². The Labute approximate surface area is 195 Å². The van der Waals surface area contributed by atoms with Crippen LogP contribution >= 0.6 is 0 Å². The van der Waals surface area contributed by atoms with Gasteiger partial charge in [-0.2, -0.15) is 0 Å². The average molecular weight is 447 g/mol. The number of carbonyl (C=O) groups excluding carboxylic acids is 1. The molecule has 2 aromatic carbocycles. The number of amides is 1. The van der Waals surface area contributed by atoms with Gasteiger partial charge in [-0.1, -0.05) is 18.2 Å². The molecular formula is C27H30N2O4. The summed E-state index contributed by atoms with van der Waals surface area (Å²) in [6.45, 7) is 2.74. The summed E-state index contributed by atoms with van der Waals surface area (Å²) >= 11 is 0. The van der Waals surface area contributed by atoms with Crippen molar-refractivity contribution in [3.63, 3.8) is 0 Å². The Morgan fingerprint density at radius 1 is 0.939 bits per heavy atom. The van der Waals surface area contributed by atoms with Gasteiger partial charge in [0.15, 0.2) is 11.5 Å². The Morgan fingerprint density at radius 2 is 1.70 bits per heavy atom. The van der Waals surface area contributed by atoms with Crippen molar-refractivity contribution >= 4 is 5.91 Å². The maximum atomic E-state index is 13.3. The third-order valence-electron chi connectivity index (χ3n) is 6.11. The van der Waals surface area contributed by atoms with Crippen LogP contribution in [0.25, 0.3) is 11.1 Å². The topological polar surface area (TPSA) is 60.9 Å². The molecule has 1 aliphatic rings. The predicted molar refractivity (Wildman–Crippen MR) is 128 cm³/mol. The number of likely N-dealkylation sites (tertiary alicyclic amines) is 1. The van der Waals surface area contributed by atoms with Crippen molar-refractivity contribution in [2.75, 3.05) is 27.9 Å². The fourth-order valence-corrected chi connectivity index (χ4v) is 4.45. The van der Waals surface area contributed by atoms with Crippen molar-refractivity contribution in [3.8, 4) is 28.4 Å². The van der Waals surface area contributed by atoms with Crippen LogP contribution in [0.5, 0.6) is 17.2 Å². The number of hydrogen-bond acceptors (Lipinski definition) is 5. The first-order chi connectivity index (χ1) is 16.0. The van der Waals surface area contributed by atoms with Crippen molar-refractivity contribution < 1.29 is 19.0 Å². The molecule has 1 saturated heterocycles. The van der Waals surface area contributed by atoms with Gasteiger partial charge in [0.05, 0.1) is 39.5 Å². The Bertz CT molecular complexity index is 1130. The molecule has 1 fully saturated rings. The lowest BCUT2D eigenvalue weighted by atomic mass is 10.0. The molecule has 0 unspecified atom stereocenters. The molecule has 1 atom stereocenters. The average Bonchev–Trinajstić information content (AvgIpc) is 3.34. The van der Waals surface area contributed by atoms with Gasteiger partial charge in [-0.05, 0) is 72.9 Å². The van der Waals surface area contributed by atoms with Crippen LogP contribution in [0.15, 0.2) is 54.6 Å². The van der Waals surface area contributed by atoms with Gasteiger partial charge in [0.25, 0.3) is 0 Å². The molecular weight excluding hydrogens is 416 g/mol. The van der Waals surface area contributed by atoms with Gasteiger partial charge < -0.3 is 19.1 Å². The quantitative estimate of drug-likeness (QED) is 0.512. The van der Waals surface area contributed by atoms with Gasteiger partial charge in [-0.25, -0.2) is 0 Å². The molecule has 0 aliphatic carbocycles. The minimum atomic E-state index is -0.0189. The summed E-state index contributed by atoms with van der Waals surface area (Å²) in [5.41, 5.74) is 4.99. The van der Waals surface area contributed by atoms with Gasteiger partial charge in [-0.15, -0.1) is 0 Å². The van der Waals surface area contributed by atoms with Crippen molar-refractivity contribution in [1.29, 1.82) is 0 Å². The maximum Gasteiger partial charge on any atom is 0.227 e. The minimum Gasteiger partial charge on any atom is -0.497 e. The number of aryl methyl sites for hydroxylation is 1. The van der Waals surface area contributed by atoms with E-state index in [1.165, 1.54) is 0 Å². The van der Waals surface area contributed by atoms with Gasteiger partial charge in [0, 0.05) is 12.2 Å². The lowest BCUT2D eigenvalue weighted by Crippen LogP contribution is -2.32. The summed E-state index contributed by atoms with van der Waals surface area (Å²) < 4.78 is 16.0. The molecule has 1 aliphatic heterocycles. The highest BCUT2D eigenvalue weighted by Gasteiger charge is 2.31. The number of hydrogen-bond donors (Lipinski definition) is 0. The van der Waals surface area contributed by atoms with Crippen LogP contribution in [0.2, 0.25) is 0 Å². The number of methoxy groups -OCH3 is 3. The lowest BCUT2D eigenvalue weighted by Gasteiger charge is -2.25. The second kappa shape index (κ2) is 9.94. The van der Waals surface area contributed by atoms with Gasteiger partial charge >= 0.3 is 0 Å². The summed E-state index contributed by atoms with van der Waals surface area (Å²) in [7, 11) is 4.87. The molecule has 0 N–H and O–H groups in total. The van der Waals surface area contributed by atoms with Crippen molar-refractivity contribution in [1.82, 2.24) is 9.88 Å². The second-order valence-electron chi connectivity index (χ2n) is 8.26. The van der Waals surface area contributed by atoms with Gasteiger partial charge in [0.1, 0.15) is 5.75 Å². The summed E-state index contributed by atoms with van der Waals surface area (Å²) in [5, 5.41) is 0. The Balaban J connectivity index is 1.56. The summed E-state index contributed by atoms with van der Waals surface area (Å²) in [5.74, 6) is 2.21. The number of ether oxygens (including phenoxy) is 3. The van der Waals surface area contributed by atoms with E-state index in [4.69, 9.17) is 19.2 Å². The van der Waals surface area contributed by atoms with E-state index in [2.05, 4.69) is 12.1 Å². The standard InChI is InChI=1S/C27H30N2O4/c1-18-14-21(20-8-10-22(31-2)11-9-20)17-23(28-18)24-6-5-13-29(24)27(30)16-19-7-12-25(32-3)26(15-19)33-4/h7-12,14-15,17,24H,5-6,13,16H2,1-4H3/t24-/m1/s1. The largest absolute Gasteiger partial charge is 0.497 e. The van der Waals surface area contributed by atoms with Gasteiger partial charge in [0.2, 0.25) is 5.91 Å². The highest BCUT2D eigenvalue weighted by atomic mass is 16.5. The van der Waals surface area contributed by atoms with Crippen molar-refractivity contribution in [3.05, 3.63) is 71.5 Å². The molecule has 4 rings (SSSR count). The number of nitrogens with zero attached hydrogens (tertiary/aromatic N) is 2. The SMILES string of the molecule is COc1ccc(-c2cc(C)nc([C@H]3CCCN3C(=O)Cc3ccc(OC)c(OC)c3)c2)cc1. The third-order valence-corrected chi connectivity index (χ3v) is 6.11. The molecule has 0 saturated carbocycles. The van der Waals surface area contributed by atoms with E-state index in [9.17, 15) is 4.79 Å². The molecule has 1 aromatic heterocycles. The molecule has 172 valence electrons. The van der Waals surface area contributed by atoms with Crippen LogP contribution in [-0.2, 0) is 11.2 Å². The molecule has 6 heteroatoms. The monoisotopic (exact) mass is 446 g/mol. The number of pyridine rings is 1. The van der Waals surface area contributed by atoms with E-state index in [-0.39, 0.29) is 11.9 Å². The van der Waals surface area contributed by atoms with E-state index in [0.29, 0.717) is 17.9 Å². The van der Waals surface area contributed by atoms with Crippen LogP contribution in [0, 0.1) is 6.92 Å². The normalized spacial score (nSPS) is 15.4. The summed E-state index contributed by atoms with van der Waals surface area (Å²) in [6.07, 6.45) is 2.19. The van der Waals surface area contributed by atoms with Crippen LogP contribution in [0.1, 0.15) is 35.8 Å². The Hall–Kier alpha value is -3.54. The first-order valence-corrected chi connectivity index (χ1v) is 11.2. The zero-order valence-corrected chi connectivity index (χ0v) is 19.6. The molecule has 0 spiro atoms. The highest BCUT2D eigenvalue weighted by Crippen LogP contribution is 2.35. The zero-order chi connectivity index (χ0) is 23.4. The zero-order valence-electron chi connectivity index (χ0n) is 19.6. The molecule has 2 heterocycles. The third kappa shape index (κ3) is 4.95. The fraction of sp³-hybridized carbons (Fsp3) is 0.333. The Morgan fingerprint density at radius 3 is 2.39 bits per heavy atom. The number of aromatic nitrogens is 1. The van der Waals surface area contributed by atoms with Gasteiger partial charge in [-0.3, -0.25) is 9.78 Å². The lowest BCUT2D eigenvalue weighted by molar-refractivity contribution is -0.131. The molecule has 33 heavy (non-hydrogen) atoms. The number of benzene rings is 2. The van der Waals surface area contributed by atoms with E-state index in [1.807, 2.05) is 54.3 Å². The second-order valence-corrected chi connectivity index (χ2v) is 8.26. The first-order valence-electron chi connectivity index (χ1n) is 11.2. The van der Waals surface area contributed by atoms with E-state index in [1.54, 1.807) is 21.3 Å². The Kier molecular flexibility index (Phi) is 6.82. The van der Waals surface area contributed by atoms with Crippen molar-refractivity contribution in [2.45, 2.75) is 32.2 Å². The van der Waals surface area contributed by atoms with Crippen molar-refractivity contribution in [2.24, 2.45) is 0 Å². The van der Waals surface area contributed by atoms with E-state index in [0.717, 1.165) is 53.2 Å². The maximum absolute atomic E-state index is 13.3. The predicted octanol–water partition coefficient (Wildman–Crippen LogP) is 4.99. The summed E-state index contributed by atoms with van der Waals surface area (Å²) in [6, 6.07) is 17.8. The number of carbonyl (C=O) groups is 1. The van der Waals surface area contributed by atoms with Crippen LogP contribution < -0.4 is 14.2 Å². The van der Waals surface area contributed by atoms with E-state index < -0.39 is 0 Å². The van der Waals surface area contributed by atoms with Crippen LogP contribution in [0.4, 0.5) is 0 Å². The minimum absolute atomic E-state index is 0.0189. The molecule has 0 radical (unpaired) electrons. The molecule has 6 nitrogen and oxygen atoms in total.